The molecule has 0 atom stereocenters. The summed E-state index contributed by atoms with van der Waals surface area (Å²) in [7, 11) is 0. The fourth-order valence-corrected chi connectivity index (χ4v) is 2.92. The average molecular weight is 260 g/mol. The molecule has 0 saturated heterocycles. The first-order valence-electron chi connectivity index (χ1n) is 7.40. The van der Waals surface area contributed by atoms with Gasteiger partial charge in [0, 0.05) is 19.4 Å². The average Bonchev–Trinajstić information content (AvgIpc) is 2.42. The van der Waals surface area contributed by atoms with Crippen molar-refractivity contribution in [1.29, 1.82) is 0 Å². The van der Waals surface area contributed by atoms with Crippen LogP contribution in [0.15, 0.2) is 24.3 Å². The summed E-state index contributed by atoms with van der Waals surface area (Å²) >= 11 is 0. The monoisotopic (exact) mass is 260 g/mol. The molecular weight excluding hydrogens is 236 g/mol. The van der Waals surface area contributed by atoms with E-state index < -0.39 is 0 Å². The Labute approximate surface area is 116 Å². The van der Waals surface area contributed by atoms with Gasteiger partial charge in [0.15, 0.2) is 0 Å². The molecule has 0 radical (unpaired) electrons. The molecule has 0 bridgehead atoms. The van der Waals surface area contributed by atoms with E-state index in [0.717, 1.165) is 32.3 Å². The Balaban J connectivity index is 2.23. The molecule has 1 fully saturated rings. The smallest absolute Gasteiger partial charge is 0.133 e. The maximum atomic E-state index is 11.5. The number of carbonyl (C=O) groups is 1. The highest BCUT2D eigenvalue weighted by atomic mass is 16.5. The fraction of sp³-hybridized carbons (Fsp3) is 0.588. The standard InChI is InChI=1S/C17H24O2/c1-3-4-13-19-17(11-9-15(18)10-12-17)16-8-6-5-7-14(16)2/h5-8H,3-4,9-13H2,1-2H3. The summed E-state index contributed by atoms with van der Waals surface area (Å²) in [5, 5.41) is 0. The zero-order valence-corrected chi connectivity index (χ0v) is 12.1. The van der Waals surface area contributed by atoms with Crippen molar-refractivity contribution in [3.05, 3.63) is 35.4 Å². The van der Waals surface area contributed by atoms with E-state index in [0.29, 0.717) is 18.6 Å². The maximum Gasteiger partial charge on any atom is 0.133 e. The number of hydrogen-bond acceptors (Lipinski definition) is 2. The van der Waals surface area contributed by atoms with Gasteiger partial charge in [-0.1, -0.05) is 37.6 Å². The predicted molar refractivity (Wildman–Crippen MR) is 77.2 cm³/mol. The van der Waals surface area contributed by atoms with E-state index in [9.17, 15) is 4.79 Å². The van der Waals surface area contributed by atoms with E-state index >= 15 is 0 Å². The van der Waals surface area contributed by atoms with Crippen molar-refractivity contribution in [2.75, 3.05) is 6.61 Å². The summed E-state index contributed by atoms with van der Waals surface area (Å²) in [6.07, 6.45) is 5.20. The molecule has 104 valence electrons. The van der Waals surface area contributed by atoms with Crippen molar-refractivity contribution in [2.24, 2.45) is 0 Å². The van der Waals surface area contributed by atoms with Crippen molar-refractivity contribution < 1.29 is 9.53 Å². The first kappa shape index (κ1) is 14.3. The van der Waals surface area contributed by atoms with Gasteiger partial charge in [-0.3, -0.25) is 4.79 Å². The zero-order chi connectivity index (χ0) is 13.7. The second kappa shape index (κ2) is 6.33. The molecule has 0 spiro atoms. The fourth-order valence-electron chi connectivity index (χ4n) is 2.92. The van der Waals surface area contributed by atoms with Gasteiger partial charge in [0.2, 0.25) is 0 Å². The summed E-state index contributed by atoms with van der Waals surface area (Å²) < 4.78 is 6.27. The molecule has 2 heteroatoms. The second-order valence-electron chi connectivity index (χ2n) is 5.55. The Kier molecular flexibility index (Phi) is 4.76. The van der Waals surface area contributed by atoms with Gasteiger partial charge in [-0.05, 0) is 37.3 Å². The molecule has 0 aromatic heterocycles. The number of benzene rings is 1. The summed E-state index contributed by atoms with van der Waals surface area (Å²) in [5.74, 6) is 0.378. The van der Waals surface area contributed by atoms with E-state index in [1.54, 1.807) is 0 Å². The molecule has 2 rings (SSSR count). The number of ketones is 1. The molecule has 0 aliphatic heterocycles. The Morgan fingerprint density at radius 1 is 1.21 bits per heavy atom. The second-order valence-corrected chi connectivity index (χ2v) is 5.55. The van der Waals surface area contributed by atoms with Crippen LogP contribution in [-0.2, 0) is 15.1 Å². The molecule has 1 aliphatic rings. The summed E-state index contributed by atoms with van der Waals surface area (Å²) in [6.45, 7) is 5.10. The van der Waals surface area contributed by atoms with E-state index in [1.165, 1.54) is 11.1 Å². The minimum atomic E-state index is -0.228. The largest absolute Gasteiger partial charge is 0.370 e. The van der Waals surface area contributed by atoms with Crippen LogP contribution in [0.25, 0.3) is 0 Å². The summed E-state index contributed by atoms with van der Waals surface area (Å²) in [5.41, 5.74) is 2.32. The molecule has 2 nitrogen and oxygen atoms in total. The first-order valence-corrected chi connectivity index (χ1v) is 7.40. The van der Waals surface area contributed by atoms with Crippen LogP contribution in [0.4, 0.5) is 0 Å². The van der Waals surface area contributed by atoms with E-state index in [1.807, 2.05) is 0 Å². The Hall–Kier alpha value is -1.15. The highest BCUT2D eigenvalue weighted by Crippen LogP contribution is 2.40. The van der Waals surface area contributed by atoms with Crippen molar-refractivity contribution in [3.8, 4) is 0 Å². The van der Waals surface area contributed by atoms with Gasteiger partial charge in [0.25, 0.3) is 0 Å². The quantitative estimate of drug-likeness (QED) is 0.743. The third-order valence-corrected chi connectivity index (χ3v) is 4.13. The highest BCUT2D eigenvalue weighted by Gasteiger charge is 2.38. The van der Waals surface area contributed by atoms with Crippen LogP contribution < -0.4 is 0 Å². The van der Waals surface area contributed by atoms with E-state index in [4.69, 9.17) is 4.74 Å². The minimum Gasteiger partial charge on any atom is -0.370 e. The van der Waals surface area contributed by atoms with Crippen LogP contribution in [-0.4, -0.2) is 12.4 Å². The Morgan fingerprint density at radius 3 is 2.53 bits per heavy atom. The molecule has 1 aliphatic carbocycles. The van der Waals surface area contributed by atoms with Crippen molar-refractivity contribution >= 4 is 5.78 Å². The number of carbonyl (C=O) groups excluding carboxylic acids is 1. The summed E-state index contributed by atoms with van der Waals surface area (Å²) in [4.78, 5) is 11.5. The Morgan fingerprint density at radius 2 is 1.89 bits per heavy atom. The third-order valence-electron chi connectivity index (χ3n) is 4.13. The minimum absolute atomic E-state index is 0.228. The van der Waals surface area contributed by atoms with Crippen LogP contribution in [0, 0.1) is 6.92 Å². The molecule has 0 unspecified atom stereocenters. The predicted octanol–water partition coefficient (Wildman–Crippen LogP) is 4.15. The van der Waals surface area contributed by atoms with Gasteiger partial charge in [-0.15, -0.1) is 0 Å². The molecule has 0 amide bonds. The topological polar surface area (TPSA) is 26.3 Å². The van der Waals surface area contributed by atoms with E-state index in [-0.39, 0.29) is 5.60 Å². The lowest BCUT2D eigenvalue weighted by Gasteiger charge is -2.38. The molecule has 1 aromatic rings. The lowest BCUT2D eigenvalue weighted by Crippen LogP contribution is -2.36. The number of rotatable bonds is 5. The van der Waals surface area contributed by atoms with Crippen LogP contribution in [0.3, 0.4) is 0 Å². The van der Waals surface area contributed by atoms with Gasteiger partial charge in [0.05, 0.1) is 5.60 Å². The first-order chi connectivity index (χ1) is 9.18. The molecule has 19 heavy (non-hydrogen) atoms. The van der Waals surface area contributed by atoms with Gasteiger partial charge in [-0.25, -0.2) is 0 Å². The van der Waals surface area contributed by atoms with Crippen LogP contribution >= 0.6 is 0 Å². The van der Waals surface area contributed by atoms with Gasteiger partial charge >= 0.3 is 0 Å². The van der Waals surface area contributed by atoms with Crippen LogP contribution in [0.1, 0.15) is 56.6 Å². The number of aryl methyl sites for hydroxylation is 1. The zero-order valence-electron chi connectivity index (χ0n) is 12.1. The summed E-state index contributed by atoms with van der Waals surface area (Å²) in [6, 6.07) is 8.43. The van der Waals surface area contributed by atoms with Crippen LogP contribution in [0.5, 0.6) is 0 Å². The molecular formula is C17H24O2. The highest BCUT2D eigenvalue weighted by molar-refractivity contribution is 5.79. The van der Waals surface area contributed by atoms with Crippen molar-refractivity contribution in [3.63, 3.8) is 0 Å². The van der Waals surface area contributed by atoms with Crippen molar-refractivity contribution in [1.82, 2.24) is 0 Å². The lowest BCUT2D eigenvalue weighted by atomic mass is 9.77. The molecule has 0 heterocycles. The molecule has 1 aromatic carbocycles. The molecule has 1 saturated carbocycles. The number of Topliss-reactive ketones (excluding diaryl/α,β-unsaturated/α-hetero) is 1. The van der Waals surface area contributed by atoms with Gasteiger partial charge < -0.3 is 4.74 Å². The number of ether oxygens (including phenoxy) is 1. The van der Waals surface area contributed by atoms with E-state index in [2.05, 4.69) is 38.1 Å². The van der Waals surface area contributed by atoms with Crippen LogP contribution in [0.2, 0.25) is 0 Å². The van der Waals surface area contributed by atoms with Crippen molar-refractivity contribution in [2.45, 2.75) is 58.0 Å². The SMILES string of the molecule is CCCCOC1(c2ccccc2C)CCC(=O)CC1. The third kappa shape index (κ3) is 3.24. The van der Waals surface area contributed by atoms with Gasteiger partial charge in [0.1, 0.15) is 5.78 Å². The normalized spacial score (nSPS) is 18.5. The number of unbranched alkanes of at least 4 members (excludes halogenated alkanes) is 1. The lowest BCUT2D eigenvalue weighted by molar-refractivity contribution is -0.131. The van der Waals surface area contributed by atoms with Gasteiger partial charge in [-0.2, -0.15) is 0 Å². The number of hydrogen-bond donors (Lipinski definition) is 0. The molecule has 0 N–H and O–H groups in total. The Bertz CT molecular complexity index is 427. The maximum absolute atomic E-state index is 11.5.